The molecule has 1 aromatic carbocycles. The standard InChI is InChI=1S/C18H27NO/c1-2-17(20)15-7-3-4-8-16(15)19-13-11-18(12-14-19)9-5-6-10-18/h3-4,7-8,17,20H,2,5-6,9-14H2,1H3/t17-/m1/s1. The molecule has 1 heterocycles. The van der Waals surface area contributed by atoms with Crippen LogP contribution in [0.5, 0.6) is 0 Å². The second kappa shape index (κ2) is 5.77. The molecule has 1 aliphatic carbocycles. The van der Waals surface area contributed by atoms with Gasteiger partial charge in [0.05, 0.1) is 6.10 Å². The largest absolute Gasteiger partial charge is 0.388 e. The number of benzene rings is 1. The normalized spacial score (nSPS) is 23.2. The first kappa shape index (κ1) is 13.9. The van der Waals surface area contributed by atoms with Crippen molar-refractivity contribution in [2.24, 2.45) is 5.41 Å². The zero-order valence-electron chi connectivity index (χ0n) is 12.6. The van der Waals surface area contributed by atoms with E-state index in [0.29, 0.717) is 5.41 Å². The Labute approximate surface area is 122 Å². The van der Waals surface area contributed by atoms with Crippen molar-refractivity contribution in [1.29, 1.82) is 0 Å². The van der Waals surface area contributed by atoms with E-state index in [1.165, 1.54) is 44.2 Å². The van der Waals surface area contributed by atoms with E-state index in [1.54, 1.807) is 0 Å². The fourth-order valence-corrected chi connectivity index (χ4v) is 4.12. The quantitative estimate of drug-likeness (QED) is 0.888. The molecule has 1 N–H and O–H groups in total. The molecule has 0 amide bonds. The topological polar surface area (TPSA) is 23.5 Å². The van der Waals surface area contributed by atoms with Gasteiger partial charge in [-0.15, -0.1) is 0 Å². The van der Waals surface area contributed by atoms with Gasteiger partial charge in [-0.2, -0.15) is 0 Å². The summed E-state index contributed by atoms with van der Waals surface area (Å²) in [7, 11) is 0. The fraction of sp³-hybridized carbons (Fsp3) is 0.667. The summed E-state index contributed by atoms with van der Waals surface area (Å²) in [5.41, 5.74) is 3.03. The van der Waals surface area contributed by atoms with E-state index in [4.69, 9.17) is 0 Å². The molecule has 2 fully saturated rings. The molecular formula is C18H27NO. The van der Waals surface area contributed by atoms with Gasteiger partial charge in [0.2, 0.25) is 0 Å². The number of nitrogens with zero attached hydrogens (tertiary/aromatic N) is 1. The maximum atomic E-state index is 10.2. The Kier molecular flexibility index (Phi) is 4.02. The van der Waals surface area contributed by atoms with Crippen LogP contribution in [-0.2, 0) is 0 Å². The molecule has 0 unspecified atom stereocenters. The van der Waals surface area contributed by atoms with E-state index in [1.807, 2.05) is 13.0 Å². The molecule has 2 aliphatic rings. The lowest BCUT2D eigenvalue weighted by Crippen LogP contribution is -2.39. The highest BCUT2D eigenvalue weighted by Crippen LogP contribution is 2.47. The lowest BCUT2D eigenvalue weighted by molar-refractivity contribution is 0.173. The summed E-state index contributed by atoms with van der Waals surface area (Å²) in [4.78, 5) is 2.50. The molecule has 3 rings (SSSR count). The van der Waals surface area contributed by atoms with Gasteiger partial charge in [0.1, 0.15) is 0 Å². The Morgan fingerprint density at radius 1 is 1.10 bits per heavy atom. The minimum atomic E-state index is -0.325. The molecule has 1 saturated heterocycles. The van der Waals surface area contributed by atoms with Gasteiger partial charge in [-0.05, 0) is 43.6 Å². The average molecular weight is 273 g/mol. The van der Waals surface area contributed by atoms with Gasteiger partial charge in [-0.25, -0.2) is 0 Å². The Morgan fingerprint density at radius 2 is 1.75 bits per heavy atom. The van der Waals surface area contributed by atoms with Crippen molar-refractivity contribution in [2.75, 3.05) is 18.0 Å². The molecule has 20 heavy (non-hydrogen) atoms. The van der Waals surface area contributed by atoms with E-state index in [2.05, 4.69) is 23.1 Å². The Bertz CT molecular complexity index is 440. The number of hydrogen-bond acceptors (Lipinski definition) is 2. The summed E-state index contributed by atoms with van der Waals surface area (Å²) in [6.07, 6.45) is 8.90. The summed E-state index contributed by atoms with van der Waals surface area (Å²) in [6, 6.07) is 8.41. The maximum absolute atomic E-state index is 10.2. The maximum Gasteiger partial charge on any atom is 0.0807 e. The molecule has 2 nitrogen and oxygen atoms in total. The van der Waals surface area contributed by atoms with Crippen LogP contribution in [0.25, 0.3) is 0 Å². The fourth-order valence-electron chi connectivity index (χ4n) is 4.12. The first-order chi connectivity index (χ1) is 9.74. The van der Waals surface area contributed by atoms with Crippen LogP contribution < -0.4 is 4.90 Å². The van der Waals surface area contributed by atoms with E-state index < -0.39 is 0 Å². The molecule has 1 atom stereocenters. The summed E-state index contributed by atoms with van der Waals surface area (Å²) in [5.74, 6) is 0. The zero-order chi connectivity index (χ0) is 14.0. The average Bonchev–Trinajstić information content (AvgIpc) is 2.95. The van der Waals surface area contributed by atoms with E-state index in [9.17, 15) is 5.11 Å². The van der Waals surface area contributed by atoms with Crippen LogP contribution in [0.2, 0.25) is 0 Å². The predicted molar refractivity (Wildman–Crippen MR) is 84.0 cm³/mol. The number of hydrogen-bond donors (Lipinski definition) is 1. The smallest absolute Gasteiger partial charge is 0.0807 e. The van der Waals surface area contributed by atoms with Crippen molar-refractivity contribution in [3.05, 3.63) is 29.8 Å². The van der Waals surface area contributed by atoms with Crippen LogP contribution in [0.3, 0.4) is 0 Å². The van der Waals surface area contributed by atoms with Crippen LogP contribution in [0.1, 0.15) is 63.5 Å². The molecule has 0 bridgehead atoms. The lowest BCUT2D eigenvalue weighted by atomic mass is 9.77. The number of aliphatic hydroxyl groups excluding tert-OH is 1. The number of rotatable bonds is 3. The van der Waals surface area contributed by atoms with E-state index in [0.717, 1.165) is 25.1 Å². The van der Waals surface area contributed by atoms with Gasteiger partial charge >= 0.3 is 0 Å². The minimum Gasteiger partial charge on any atom is -0.388 e. The van der Waals surface area contributed by atoms with Gasteiger partial charge in [-0.1, -0.05) is 38.0 Å². The Balaban J connectivity index is 1.74. The van der Waals surface area contributed by atoms with Gasteiger partial charge in [-0.3, -0.25) is 0 Å². The molecule has 1 aromatic rings. The van der Waals surface area contributed by atoms with E-state index >= 15 is 0 Å². The van der Waals surface area contributed by atoms with Crippen LogP contribution in [-0.4, -0.2) is 18.2 Å². The number of anilines is 1. The highest BCUT2D eigenvalue weighted by molar-refractivity contribution is 5.55. The van der Waals surface area contributed by atoms with Gasteiger partial charge in [0.25, 0.3) is 0 Å². The van der Waals surface area contributed by atoms with Crippen LogP contribution in [0, 0.1) is 5.41 Å². The van der Waals surface area contributed by atoms with Crippen LogP contribution in [0.15, 0.2) is 24.3 Å². The molecule has 1 saturated carbocycles. The van der Waals surface area contributed by atoms with Crippen molar-refractivity contribution in [1.82, 2.24) is 0 Å². The molecule has 2 heteroatoms. The highest BCUT2D eigenvalue weighted by Gasteiger charge is 2.37. The summed E-state index contributed by atoms with van der Waals surface area (Å²) in [6.45, 7) is 4.37. The molecule has 110 valence electrons. The van der Waals surface area contributed by atoms with Crippen LogP contribution in [0.4, 0.5) is 5.69 Å². The Hall–Kier alpha value is -1.02. The minimum absolute atomic E-state index is 0.325. The third-order valence-corrected chi connectivity index (χ3v) is 5.51. The summed E-state index contributed by atoms with van der Waals surface area (Å²) < 4.78 is 0. The second-order valence-corrected chi connectivity index (χ2v) is 6.68. The van der Waals surface area contributed by atoms with Crippen LogP contribution >= 0.6 is 0 Å². The molecule has 0 radical (unpaired) electrons. The molecule has 1 aliphatic heterocycles. The van der Waals surface area contributed by atoms with Crippen molar-refractivity contribution in [3.8, 4) is 0 Å². The van der Waals surface area contributed by atoms with Crippen molar-refractivity contribution in [2.45, 2.75) is 58.0 Å². The second-order valence-electron chi connectivity index (χ2n) is 6.68. The predicted octanol–water partition coefficient (Wildman–Crippen LogP) is 4.29. The molecular weight excluding hydrogens is 246 g/mol. The van der Waals surface area contributed by atoms with Gasteiger partial charge in [0.15, 0.2) is 0 Å². The number of piperidine rings is 1. The zero-order valence-corrected chi connectivity index (χ0v) is 12.6. The number of para-hydroxylation sites is 1. The third-order valence-electron chi connectivity index (χ3n) is 5.51. The SMILES string of the molecule is CC[C@@H](O)c1ccccc1N1CCC2(CCCC2)CC1. The van der Waals surface area contributed by atoms with Crippen molar-refractivity contribution in [3.63, 3.8) is 0 Å². The molecule has 1 spiro atoms. The third kappa shape index (κ3) is 2.58. The van der Waals surface area contributed by atoms with Crippen molar-refractivity contribution < 1.29 is 5.11 Å². The van der Waals surface area contributed by atoms with Gasteiger partial charge in [0, 0.05) is 24.3 Å². The number of aliphatic hydroxyl groups is 1. The molecule has 0 aromatic heterocycles. The summed E-state index contributed by atoms with van der Waals surface area (Å²) >= 11 is 0. The first-order valence-electron chi connectivity index (χ1n) is 8.26. The highest BCUT2D eigenvalue weighted by atomic mass is 16.3. The monoisotopic (exact) mass is 273 g/mol. The van der Waals surface area contributed by atoms with E-state index in [-0.39, 0.29) is 6.10 Å². The Morgan fingerprint density at radius 3 is 2.40 bits per heavy atom. The van der Waals surface area contributed by atoms with Gasteiger partial charge < -0.3 is 10.0 Å². The first-order valence-corrected chi connectivity index (χ1v) is 8.26. The summed E-state index contributed by atoms with van der Waals surface area (Å²) in [5, 5.41) is 10.2. The lowest BCUT2D eigenvalue weighted by Gasteiger charge is -2.41. The van der Waals surface area contributed by atoms with Crippen molar-refractivity contribution >= 4 is 5.69 Å².